The van der Waals surface area contributed by atoms with Crippen molar-refractivity contribution in [3.63, 3.8) is 0 Å². The van der Waals surface area contributed by atoms with E-state index in [0.717, 1.165) is 5.69 Å². The summed E-state index contributed by atoms with van der Waals surface area (Å²) in [7, 11) is 1.82. The fourth-order valence-corrected chi connectivity index (χ4v) is 2.85. The van der Waals surface area contributed by atoms with Crippen molar-refractivity contribution in [1.82, 2.24) is 9.27 Å². The van der Waals surface area contributed by atoms with E-state index < -0.39 is 0 Å². The number of hydrogen-bond acceptors (Lipinski definition) is 4. The van der Waals surface area contributed by atoms with Crippen LogP contribution in [0.25, 0.3) is 0 Å². The molecule has 16 heavy (non-hydrogen) atoms. The van der Waals surface area contributed by atoms with E-state index in [-0.39, 0.29) is 5.91 Å². The Morgan fingerprint density at radius 2 is 2.38 bits per heavy atom. The zero-order chi connectivity index (χ0) is 11.5. The van der Waals surface area contributed by atoms with Gasteiger partial charge in [0.15, 0.2) is 0 Å². The molecule has 2 heterocycles. The minimum atomic E-state index is 0.0413. The lowest BCUT2D eigenvalue weighted by atomic mass is 10.2. The van der Waals surface area contributed by atoms with Crippen molar-refractivity contribution in [2.75, 3.05) is 7.05 Å². The summed E-state index contributed by atoms with van der Waals surface area (Å²) in [5.41, 5.74) is 1.53. The van der Waals surface area contributed by atoms with Crippen LogP contribution in [0.2, 0.25) is 0 Å². The Balaban J connectivity index is 2.08. The van der Waals surface area contributed by atoms with Crippen molar-refractivity contribution >= 4 is 28.8 Å². The predicted molar refractivity (Wildman–Crippen MR) is 67.0 cm³/mol. The van der Waals surface area contributed by atoms with Gasteiger partial charge >= 0.3 is 0 Å². The number of thiophene rings is 1. The zero-order valence-electron chi connectivity index (χ0n) is 9.14. The molecule has 0 radical (unpaired) electrons. The molecule has 0 unspecified atom stereocenters. The molecular formula is C11H12N2OS2. The summed E-state index contributed by atoms with van der Waals surface area (Å²) in [5.74, 6) is 0.0413. The molecule has 0 fully saturated rings. The smallest absolute Gasteiger partial charge is 0.256 e. The molecular weight excluding hydrogens is 240 g/mol. The minimum Gasteiger partial charge on any atom is -0.336 e. The number of nitrogens with zero attached hydrogens (tertiary/aromatic N) is 2. The summed E-state index contributed by atoms with van der Waals surface area (Å²) in [4.78, 5) is 15.0. The first kappa shape index (κ1) is 11.3. The third kappa shape index (κ3) is 2.31. The number of carbonyl (C=O) groups excluding carboxylic acids is 1. The van der Waals surface area contributed by atoms with Crippen LogP contribution in [0.15, 0.2) is 22.9 Å². The first-order valence-corrected chi connectivity index (χ1v) is 6.59. The fourth-order valence-electron chi connectivity index (χ4n) is 1.41. The Hall–Kier alpha value is -1.20. The average Bonchev–Trinajstić information content (AvgIpc) is 2.88. The van der Waals surface area contributed by atoms with Crippen molar-refractivity contribution in [1.29, 1.82) is 0 Å². The van der Waals surface area contributed by atoms with Gasteiger partial charge in [0.05, 0.1) is 17.8 Å². The first-order chi connectivity index (χ1) is 7.68. The van der Waals surface area contributed by atoms with Gasteiger partial charge in [-0.1, -0.05) is 6.07 Å². The lowest BCUT2D eigenvalue weighted by Gasteiger charge is -2.15. The van der Waals surface area contributed by atoms with Crippen LogP contribution in [0.4, 0.5) is 0 Å². The van der Waals surface area contributed by atoms with E-state index in [1.165, 1.54) is 16.4 Å². The van der Waals surface area contributed by atoms with Gasteiger partial charge in [-0.05, 0) is 29.9 Å². The summed E-state index contributed by atoms with van der Waals surface area (Å²) in [6.07, 6.45) is 0. The molecule has 0 aliphatic carbocycles. The second-order valence-electron chi connectivity index (χ2n) is 3.55. The van der Waals surface area contributed by atoms with Crippen LogP contribution in [-0.2, 0) is 6.54 Å². The van der Waals surface area contributed by atoms with Gasteiger partial charge in [0.1, 0.15) is 0 Å². The monoisotopic (exact) mass is 252 g/mol. The molecule has 84 valence electrons. The normalized spacial score (nSPS) is 10.4. The van der Waals surface area contributed by atoms with E-state index in [2.05, 4.69) is 4.37 Å². The largest absolute Gasteiger partial charge is 0.336 e. The topological polar surface area (TPSA) is 33.2 Å². The summed E-state index contributed by atoms with van der Waals surface area (Å²) in [6.45, 7) is 2.52. The Labute approximate surface area is 103 Å². The maximum atomic E-state index is 12.1. The highest BCUT2D eigenvalue weighted by Crippen LogP contribution is 2.15. The molecule has 0 saturated carbocycles. The molecule has 0 bridgehead atoms. The zero-order valence-corrected chi connectivity index (χ0v) is 10.8. The van der Waals surface area contributed by atoms with Crippen LogP contribution >= 0.6 is 22.9 Å². The molecule has 0 aliphatic rings. The molecule has 2 rings (SSSR count). The van der Waals surface area contributed by atoms with Gasteiger partial charge in [0, 0.05) is 17.3 Å². The van der Waals surface area contributed by atoms with Crippen LogP contribution in [-0.4, -0.2) is 22.2 Å². The van der Waals surface area contributed by atoms with E-state index in [1.807, 2.05) is 36.9 Å². The van der Waals surface area contributed by atoms with Crippen LogP contribution in [0, 0.1) is 6.92 Å². The average molecular weight is 252 g/mol. The molecule has 0 spiro atoms. The quantitative estimate of drug-likeness (QED) is 0.841. The molecule has 5 heteroatoms. The molecule has 2 aromatic heterocycles. The van der Waals surface area contributed by atoms with Gasteiger partial charge in [-0.3, -0.25) is 4.79 Å². The standard InChI is InChI=1S/C11H12N2OS2/c1-8-10(7-16-12-8)11(14)13(2)6-9-4-3-5-15-9/h3-5,7H,6H2,1-2H3. The summed E-state index contributed by atoms with van der Waals surface area (Å²) in [6, 6.07) is 4.03. The predicted octanol–water partition coefficient (Wildman–Crippen LogP) is 2.79. The van der Waals surface area contributed by atoms with Crippen molar-refractivity contribution < 1.29 is 4.79 Å². The van der Waals surface area contributed by atoms with Crippen LogP contribution < -0.4 is 0 Å². The lowest BCUT2D eigenvalue weighted by molar-refractivity contribution is 0.0786. The fraction of sp³-hybridized carbons (Fsp3) is 0.273. The third-order valence-electron chi connectivity index (χ3n) is 2.30. The SMILES string of the molecule is Cc1nscc1C(=O)N(C)Cc1cccs1. The molecule has 0 aromatic carbocycles. The van der Waals surface area contributed by atoms with Crippen LogP contribution in [0.1, 0.15) is 20.9 Å². The number of amides is 1. The Morgan fingerprint density at radius 1 is 1.56 bits per heavy atom. The van der Waals surface area contributed by atoms with Gasteiger partial charge in [0.25, 0.3) is 5.91 Å². The van der Waals surface area contributed by atoms with E-state index in [0.29, 0.717) is 12.1 Å². The molecule has 1 amide bonds. The van der Waals surface area contributed by atoms with E-state index >= 15 is 0 Å². The Kier molecular flexibility index (Phi) is 3.36. The number of rotatable bonds is 3. The number of hydrogen-bond donors (Lipinski definition) is 0. The molecule has 3 nitrogen and oxygen atoms in total. The van der Waals surface area contributed by atoms with Crippen molar-refractivity contribution in [2.45, 2.75) is 13.5 Å². The summed E-state index contributed by atoms with van der Waals surface area (Å²) >= 11 is 2.99. The maximum absolute atomic E-state index is 12.1. The second kappa shape index (κ2) is 4.76. The third-order valence-corrected chi connectivity index (χ3v) is 3.88. The van der Waals surface area contributed by atoms with Gasteiger partial charge in [-0.25, -0.2) is 0 Å². The van der Waals surface area contributed by atoms with E-state index in [4.69, 9.17) is 0 Å². The minimum absolute atomic E-state index is 0.0413. The highest BCUT2D eigenvalue weighted by molar-refractivity contribution is 7.09. The molecule has 0 saturated heterocycles. The highest BCUT2D eigenvalue weighted by atomic mass is 32.1. The van der Waals surface area contributed by atoms with E-state index in [1.54, 1.807) is 16.2 Å². The maximum Gasteiger partial charge on any atom is 0.256 e. The first-order valence-electron chi connectivity index (χ1n) is 4.87. The number of aryl methyl sites for hydroxylation is 1. The molecule has 0 N–H and O–H groups in total. The Morgan fingerprint density at radius 3 is 2.94 bits per heavy atom. The van der Waals surface area contributed by atoms with Gasteiger partial charge in [0.2, 0.25) is 0 Å². The molecule has 0 aliphatic heterocycles. The lowest BCUT2D eigenvalue weighted by Crippen LogP contribution is -2.26. The summed E-state index contributed by atoms with van der Waals surface area (Å²) < 4.78 is 4.11. The number of carbonyl (C=O) groups is 1. The molecule has 2 aromatic rings. The van der Waals surface area contributed by atoms with Crippen molar-refractivity contribution in [3.8, 4) is 0 Å². The highest BCUT2D eigenvalue weighted by Gasteiger charge is 2.16. The van der Waals surface area contributed by atoms with Gasteiger partial charge in [-0.2, -0.15) is 4.37 Å². The van der Waals surface area contributed by atoms with Crippen LogP contribution in [0.3, 0.4) is 0 Å². The molecule has 0 atom stereocenters. The van der Waals surface area contributed by atoms with Crippen molar-refractivity contribution in [3.05, 3.63) is 39.0 Å². The summed E-state index contributed by atoms with van der Waals surface area (Å²) in [5, 5.41) is 3.83. The second-order valence-corrected chi connectivity index (χ2v) is 5.22. The van der Waals surface area contributed by atoms with E-state index in [9.17, 15) is 4.79 Å². The van der Waals surface area contributed by atoms with Crippen molar-refractivity contribution in [2.24, 2.45) is 0 Å². The number of aromatic nitrogens is 1. The van der Waals surface area contributed by atoms with Gasteiger partial charge in [-0.15, -0.1) is 11.3 Å². The van der Waals surface area contributed by atoms with Gasteiger partial charge < -0.3 is 4.90 Å². The van der Waals surface area contributed by atoms with Crippen LogP contribution in [0.5, 0.6) is 0 Å². The Bertz CT molecular complexity index is 476.